The first-order valence-electron chi connectivity index (χ1n) is 25.6. The number of carboxylic acid groups (broad SMARTS) is 2. The summed E-state index contributed by atoms with van der Waals surface area (Å²) in [6.45, 7) is 22.4. The third-order valence-electron chi connectivity index (χ3n) is 11.7. The van der Waals surface area contributed by atoms with E-state index in [-0.39, 0.29) is 21.1 Å². The van der Waals surface area contributed by atoms with E-state index in [0.29, 0.717) is 25.7 Å². The first-order valence-corrected chi connectivity index (χ1v) is 30.5. The van der Waals surface area contributed by atoms with Crippen LogP contribution in [0.5, 0.6) is 0 Å². The first-order chi connectivity index (χ1) is 28.0. The third-order valence-corrected chi connectivity index (χ3v) is 17.0. The Morgan fingerprint density at radius 3 is 0.831 bits per heavy atom. The zero-order valence-corrected chi connectivity index (χ0v) is 46.0. The van der Waals surface area contributed by atoms with Crippen molar-refractivity contribution in [1.29, 1.82) is 0 Å². The molecular formula is C52H104O4S2Sn. The van der Waals surface area contributed by atoms with Crippen molar-refractivity contribution in [3.05, 3.63) is 0 Å². The van der Waals surface area contributed by atoms with E-state index in [9.17, 15) is 19.8 Å². The molecule has 0 aliphatic heterocycles. The topological polar surface area (TPSA) is 80.3 Å². The van der Waals surface area contributed by atoms with E-state index in [2.05, 4.69) is 94.5 Å². The Hall–Kier alpha value is 0.439. The van der Waals surface area contributed by atoms with Gasteiger partial charge in [-0.1, -0.05) is 158 Å². The number of carboxylic acids is 2. The number of aliphatic carboxylic acids is 2. The van der Waals surface area contributed by atoms with Crippen LogP contribution >= 0.6 is 25.3 Å². The molecule has 0 bridgehead atoms. The van der Waals surface area contributed by atoms with Crippen LogP contribution in [0.25, 0.3) is 0 Å². The molecule has 7 heteroatoms. The van der Waals surface area contributed by atoms with Gasteiger partial charge < -0.3 is 19.8 Å². The molecule has 0 atom stereocenters. The molecule has 0 spiro atoms. The Labute approximate surface area is 392 Å². The van der Waals surface area contributed by atoms with E-state index >= 15 is 0 Å². The number of carbonyl (C=O) groups excluding carboxylic acids is 2. The summed E-state index contributed by atoms with van der Waals surface area (Å²) in [6.07, 6.45) is 38.2. The van der Waals surface area contributed by atoms with Gasteiger partial charge in [0.1, 0.15) is 0 Å². The molecule has 0 radical (unpaired) electrons. The van der Waals surface area contributed by atoms with Crippen LogP contribution in [0.2, 0.25) is 8.87 Å². The van der Waals surface area contributed by atoms with E-state index < -0.39 is 21.4 Å². The predicted octanol–water partition coefficient (Wildman–Crippen LogP) is 15.5. The molecule has 0 aromatic rings. The van der Waals surface area contributed by atoms with Crippen LogP contribution in [0, 0.1) is 23.7 Å². The second kappa shape index (κ2) is 45.0. The summed E-state index contributed by atoms with van der Waals surface area (Å²) in [5, 5.41) is 22.8. The Bertz CT molecular complexity index is 788. The molecule has 0 aliphatic carbocycles. The number of rotatable bonds is 40. The molecule has 0 aromatic carbocycles. The van der Waals surface area contributed by atoms with Crippen LogP contribution in [-0.4, -0.2) is 42.6 Å². The Morgan fingerprint density at radius 1 is 0.390 bits per heavy atom. The van der Waals surface area contributed by atoms with E-state index in [1.807, 2.05) is 0 Å². The van der Waals surface area contributed by atoms with Crippen molar-refractivity contribution in [2.45, 2.75) is 293 Å². The van der Waals surface area contributed by atoms with Gasteiger partial charge in [-0.05, 0) is 49.4 Å². The molecule has 0 heterocycles. The van der Waals surface area contributed by atoms with Gasteiger partial charge in [0, 0.05) is 0 Å². The molecule has 0 aromatic heterocycles. The number of carbonyl (C=O) groups is 2. The number of hydrogen-bond acceptors (Lipinski definition) is 6. The van der Waals surface area contributed by atoms with E-state index in [1.165, 1.54) is 116 Å². The van der Waals surface area contributed by atoms with Crippen molar-refractivity contribution < 1.29 is 19.8 Å². The van der Waals surface area contributed by atoms with Gasteiger partial charge in [0.2, 0.25) is 0 Å². The number of hydrogen-bond donors (Lipinski definition) is 2. The van der Waals surface area contributed by atoms with Gasteiger partial charge in [-0.25, -0.2) is 0 Å². The van der Waals surface area contributed by atoms with Gasteiger partial charge in [0.25, 0.3) is 0 Å². The fourth-order valence-corrected chi connectivity index (χ4v) is 11.6. The van der Waals surface area contributed by atoms with Crippen LogP contribution < -0.4 is 10.2 Å². The molecule has 0 saturated heterocycles. The third kappa shape index (κ3) is 47.7. The standard InChI is InChI=1S/2C18H36O2S.2C8H17.Sn/c2*1-15(2)11-7-5-9-13-18(21,17(19)20)14-10-6-8-12-16(3)4;2*1-3-5-7-8-6-4-2;/h2*15-16,21H,5-14H2,1-4H3,(H,19,20);2*1,3-8H2,2H3;/q;;;;+2/p-2. The average Bonchev–Trinajstić information content (AvgIpc) is 3.16. The van der Waals surface area contributed by atoms with Crippen molar-refractivity contribution in [3.63, 3.8) is 0 Å². The molecule has 0 unspecified atom stereocenters. The molecule has 59 heavy (non-hydrogen) atoms. The van der Waals surface area contributed by atoms with Crippen LogP contribution in [-0.2, 0) is 9.59 Å². The van der Waals surface area contributed by atoms with Crippen molar-refractivity contribution in [2.24, 2.45) is 23.7 Å². The average molecular weight is 976 g/mol. The van der Waals surface area contributed by atoms with Crippen LogP contribution in [0.3, 0.4) is 0 Å². The molecule has 0 fully saturated rings. The van der Waals surface area contributed by atoms with Gasteiger partial charge in [-0.15, -0.1) is 0 Å². The zero-order valence-electron chi connectivity index (χ0n) is 41.4. The van der Waals surface area contributed by atoms with Crippen molar-refractivity contribution in [1.82, 2.24) is 0 Å². The molecule has 4 nitrogen and oxygen atoms in total. The number of thiol groups is 2. The minimum atomic E-state index is -0.987. The number of unbranched alkanes of at least 4 members (excludes halogenated alkanes) is 18. The second-order valence-corrected chi connectivity index (χ2v) is 25.9. The van der Waals surface area contributed by atoms with Gasteiger partial charge in [0.15, 0.2) is 0 Å². The molecule has 0 aliphatic rings. The summed E-state index contributed by atoms with van der Waals surface area (Å²) in [4.78, 5) is 22.8. The quantitative estimate of drug-likeness (QED) is 0.0364. The van der Waals surface area contributed by atoms with Crippen molar-refractivity contribution in [2.75, 3.05) is 0 Å². The monoisotopic (exact) mass is 977 g/mol. The Kier molecular flexibility index (Phi) is 48.6. The van der Waals surface area contributed by atoms with Gasteiger partial charge >= 0.3 is 121 Å². The Balaban J connectivity index is -0.000000803. The summed E-state index contributed by atoms with van der Waals surface area (Å²) in [7, 11) is 0. The van der Waals surface area contributed by atoms with Crippen molar-refractivity contribution in [3.8, 4) is 0 Å². The van der Waals surface area contributed by atoms with Crippen molar-refractivity contribution >= 4 is 58.3 Å². The summed E-state index contributed by atoms with van der Waals surface area (Å²) >= 11 is 8.95. The molecule has 0 saturated carbocycles. The summed E-state index contributed by atoms with van der Waals surface area (Å²) in [5.74, 6) is 0.943. The minimum absolute atomic E-state index is 0.0736. The fraction of sp³-hybridized carbons (Fsp3) is 0.962. The van der Waals surface area contributed by atoms with E-state index in [0.717, 1.165) is 75.0 Å². The fourth-order valence-electron chi connectivity index (χ4n) is 7.43. The van der Waals surface area contributed by atoms with E-state index in [1.54, 1.807) is 21.7 Å². The SMILES string of the molecule is CC(C)CCCCCC(S)(CCCCCC(C)C)C(=O)[O-].CC(C)CCCCCC(S)(CCCCCC(C)C)C(=O)[O-].CCCCCCC[CH2][Sn+2][CH2]CCCCCCC. The first kappa shape index (κ1) is 63.7. The van der Waals surface area contributed by atoms with Gasteiger partial charge in [0.05, 0.1) is 21.4 Å². The summed E-state index contributed by atoms with van der Waals surface area (Å²) in [5.41, 5.74) is 0. The van der Waals surface area contributed by atoms with Crippen LogP contribution in [0.4, 0.5) is 0 Å². The molecule has 0 N–H and O–H groups in total. The molecular weight excluding hydrogens is 871 g/mol. The summed E-state index contributed by atoms with van der Waals surface area (Å²) < 4.78 is 1.47. The van der Waals surface area contributed by atoms with Gasteiger partial charge in [-0.2, -0.15) is 25.3 Å². The molecule has 352 valence electrons. The molecule has 0 amide bonds. The van der Waals surface area contributed by atoms with E-state index in [4.69, 9.17) is 0 Å². The Morgan fingerprint density at radius 2 is 0.610 bits per heavy atom. The maximum atomic E-state index is 11.4. The second-order valence-electron chi connectivity index (χ2n) is 19.9. The van der Waals surface area contributed by atoms with Gasteiger partial charge in [-0.3, -0.25) is 0 Å². The molecule has 0 rings (SSSR count). The maximum absolute atomic E-state index is 11.4. The summed E-state index contributed by atoms with van der Waals surface area (Å²) in [6, 6.07) is 0. The van der Waals surface area contributed by atoms with Crippen LogP contribution in [0.1, 0.15) is 275 Å². The van der Waals surface area contributed by atoms with Crippen LogP contribution in [0.15, 0.2) is 0 Å². The normalized spacial score (nSPS) is 11.8. The predicted molar refractivity (Wildman–Crippen MR) is 267 cm³/mol. The zero-order chi connectivity index (χ0) is 45.2.